The summed E-state index contributed by atoms with van der Waals surface area (Å²) in [5.41, 5.74) is 2.23. The van der Waals surface area contributed by atoms with Crippen molar-refractivity contribution in [2.24, 2.45) is 5.92 Å². The van der Waals surface area contributed by atoms with Gasteiger partial charge in [-0.25, -0.2) is 0 Å². The minimum atomic E-state index is -4.57. The van der Waals surface area contributed by atoms with E-state index >= 15 is 0 Å². The average Bonchev–Trinajstić information content (AvgIpc) is 3.78. The molecule has 4 aliphatic rings. The number of ether oxygens (including phenoxy) is 1. The van der Waals surface area contributed by atoms with Crippen LogP contribution in [0.2, 0.25) is 0 Å². The topological polar surface area (TPSA) is 63.5 Å². The number of benzene rings is 2. The van der Waals surface area contributed by atoms with Gasteiger partial charge in [-0.05, 0) is 85.5 Å². The van der Waals surface area contributed by atoms with Crippen LogP contribution >= 0.6 is 0 Å². The molecule has 10 heteroatoms. The number of likely N-dealkylation sites (tertiary alicyclic amines) is 1. The summed E-state index contributed by atoms with van der Waals surface area (Å²) >= 11 is 0. The number of nitrogens with zero attached hydrogens (tertiary/aromatic N) is 5. The maximum atomic E-state index is 14.5. The van der Waals surface area contributed by atoms with Gasteiger partial charge in [0, 0.05) is 31.6 Å². The number of piperidine rings is 1. The van der Waals surface area contributed by atoms with Crippen molar-refractivity contribution in [1.29, 1.82) is 0 Å². The Balaban J connectivity index is 1.30. The molecular weight excluding hydrogens is 555 g/mol. The largest absolute Gasteiger partial charge is 0.491 e. The normalized spacial score (nSPS) is 21.7. The summed E-state index contributed by atoms with van der Waals surface area (Å²) in [6.07, 6.45) is 3.92. The van der Waals surface area contributed by atoms with E-state index in [2.05, 4.69) is 39.6 Å². The quantitative estimate of drug-likeness (QED) is 0.326. The summed E-state index contributed by atoms with van der Waals surface area (Å²) in [7, 11) is 0. The summed E-state index contributed by atoms with van der Waals surface area (Å²) < 4.78 is 51.6. The Hall–Kier alpha value is -3.40. The lowest BCUT2D eigenvalue weighted by Crippen LogP contribution is -2.33. The number of aromatic nitrogens is 3. The van der Waals surface area contributed by atoms with E-state index in [9.17, 15) is 18.0 Å². The first kappa shape index (κ1) is 28.4. The van der Waals surface area contributed by atoms with E-state index < -0.39 is 17.6 Å². The molecule has 1 saturated heterocycles. The van der Waals surface area contributed by atoms with Crippen LogP contribution < -0.4 is 9.64 Å². The van der Waals surface area contributed by atoms with Crippen LogP contribution in [0.3, 0.4) is 0 Å². The summed E-state index contributed by atoms with van der Waals surface area (Å²) in [6.45, 7) is 7.43. The fraction of sp³-hybridized carbons (Fsp3) is 0.545. The summed E-state index contributed by atoms with van der Waals surface area (Å²) in [5, 5.41) is 8.78. The molecule has 3 aliphatic heterocycles. The smallest absolute Gasteiger partial charge is 0.416 e. The van der Waals surface area contributed by atoms with Gasteiger partial charge in [0.25, 0.3) is 5.91 Å². The fourth-order valence-corrected chi connectivity index (χ4v) is 7.94. The Bertz CT molecular complexity index is 1560. The standard InChI is InChI=1S/C33H38F3N5O2/c1-3-40-20-37-38-31(40)32(9-4-5-10-32)24-15-23-8-12-43-29(23)28(16-24)41-19-26-25(30(41)42)13-22(14-27(26)33(34,35)36)18-39-11-6-7-21(2)17-39/h13-16,20-21H,3-12,17-19H2,1-2H3/t21-/m0/s1. The van der Waals surface area contributed by atoms with Crippen molar-refractivity contribution < 1.29 is 22.7 Å². The van der Waals surface area contributed by atoms with Crippen LogP contribution in [0.15, 0.2) is 30.6 Å². The molecule has 228 valence electrons. The number of aryl methyl sites for hydroxylation is 1. The molecule has 3 aromatic rings. The van der Waals surface area contributed by atoms with Crippen LogP contribution in [-0.4, -0.2) is 45.3 Å². The molecule has 7 nitrogen and oxygen atoms in total. The first-order valence-corrected chi connectivity index (χ1v) is 15.6. The van der Waals surface area contributed by atoms with Crippen LogP contribution in [0.1, 0.15) is 96.4 Å². The molecule has 1 aromatic heterocycles. The molecule has 0 unspecified atom stereocenters. The van der Waals surface area contributed by atoms with Crippen molar-refractivity contribution in [3.8, 4) is 5.75 Å². The molecule has 1 saturated carbocycles. The maximum Gasteiger partial charge on any atom is 0.416 e. The molecular formula is C33H38F3N5O2. The van der Waals surface area contributed by atoms with Gasteiger partial charge in [0.2, 0.25) is 0 Å². The number of rotatable bonds is 6. The van der Waals surface area contributed by atoms with Gasteiger partial charge in [-0.3, -0.25) is 9.69 Å². The number of fused-ring (bicyclic) bond motifs is 2. The van der Waals surface area contributed by atoms with Crippen molar-refractivity contribution >= 4 is 11.6 Å². The van der Waals surface area contributed by atoms with Crippen LogP contribution in [0.5, 0.6) is 5.75 Å². The number of anilines is 1. The number of amides is 1. The van der Waals surface area contributed by atoms with Crippen molar-refractivity contribution in [2.75, 3.05) is 24.6 Å². The van der Waals surface area contributed by atoms with Crippen molar-refractivity contribution in [3.63, 3.8) is 0 Å². The molecule has 2 aromatic carbocycles. The van der Waals surface area contributed by atoms with Crippen LogP contribution in [-0.2, 0) is 37.6 Å². The zero-order chi connectivity index (χ0) is 29.9. The third kappa shape index (κ3) is 4.82. The zero-order valence-corrected chi connectivity index (χ0v) is 24.8. The molecule has 1 atom stereocenters. The van der Waals surface area contributed by atoms with Gasteiger partial charge in [-0.2, -0.15) is 13.2 Å². The van der Waals surface area contributed by atoms with Crippen LogP contribution in [0.4, 0.5) is 18.9 Å². The van der Waals surface area contributed by atoms with Gasteiger partial charge in [-0.15, -0.1) is 10.2 Å². The van der Waals surface area contributed by atoms with Gasteiger partial charge in [0.1, 0.15) is 17.9 Å². The monoisotopic (exact) mass is 593 g/mol. The lowest BCUT2D eigenvalue weighted by Gasteiger charge is -2.31. The second kappa shape index (κ2) is 10.6. The van der Waals surface area contributed by atoms with Gasteiger partial charge < -0.3 is 14.2 Å². The van der Waals surface area contributed by atoms with Crippen LogP contribution in [0.25, 0.3) is 0 Å². The first-order chi connectivity index (χ1) is 20.7. The molecule has 7 rings (SSSR count). The number of hydrogen-bond acceptors (Lipinski definition) is 5. The third-order valence-electron chi connectivity index (χ3n) is 10.0. The lowest BCUT2D eigenvalue weighted by molar-refractivity contribution is -0.138. The summed E-state index contributed by atoms with van der Waals surface area (Å²) in [6, 6.07) is 7.10. The lowest BCUT2D eigenvalue weighted by atomic mass is 9.77. The number of alkyl halides is 3. The molecule has 0 radical (unpaired) electrons. The van der Waals surface area contributed by atoms with Gasteiger partial charge in [0.05, 0.1) is 29.8 Å². The third-order valence-corrected chi connectivity index (χ3v) is 10.0. The predicted octanol–water partition coefficient (Wildman–Crippen LogP) is 6.50. The average molecular weight is 594 g/mol. The minimum Gasteiger partial charge on any atom is -0.491 e. The van der Waals surface area contributed by atoms with Crippen molar-refractivity contribution in [3.05, 3.63) is 69.8 Å². The van der Waals surface area contributed by atoms with E-state index in [-0.39, 0.29) is 23.1 Å². The number of carbonyl (C=O) groups excluding carboxylic acids is 1. The highest BCUT2D eigenvalue weighted by molar-refractivity contribution is 6.11. The Kier molecular flexibility index (Phi) is 7.02. The Morgan fingerprint density at radius 3 is 2.67 bits per heavy atom. The fourth-order valence-electron chi connectivity index (χ4n) is 7.94. The van der Waals surface area contributed by atoms with E-state index in [1.165, 1.54) is 11.0 Å². The Morgan fingerprint density at radius 2 is 1.93 bits per heavy atom. The molecule has 0 bridgehead atoms. The predicted molar refractivity (Wildman–Crippen MR) is 156 cm³/mol. The maximum absolute atomic E-state index is 14.5. The summed E-state index contributed by atoms with van der Waals surface area (Å²) in [4.78, 5) is 17.8. The van der Waals surface area contributed by atoms with E-state index in [1.807, 2.05) is 6.07 Å². The van der Waals surface area contributed by atoms with E-state index in [0.29, 0.717) is 42.5 Å². The van der Waals surface area contributed by atoms with Gasteiger partial charge >= 0.3 is 6.18 Å². The highest BCUT2D eigenvalue weighted by Gasteiger charge is 2.45. The number of carbonyl (C=O) groups is 1. The molecule has 1 amide bonds. The van der Waals surface area contributed by atoms with Crippen LogP contribution in [0, 0.1) is 5.92 Å². The van der Waals surface area contributed by atoms with Crippen molar-refractivity contribution in [1.82, 2.24) is 19.7 Å². The van der Waals surface area contributed by atoms with Crippen molar-refractivity contribution in [2.45, 2.75) is 90.0 Å². The molecule has 0 spiro atoms. The molecule has 2 fully saturated rings. The minimum absolute atomic E-state index is 0.0479. The van der Waals surface area contributed by atoms with Gasteiger partial charge in [-0.1, -0.05) is 25.8 Å². The van der Waals surface area contributed by atoms with Gasteiger partial charge in [0.15, 0.2) is 0 Å². The first-order valence-electron chi connectivity index (χ1n) is 15.6. The SMILES string of the molecule is CCn1cnnc1C1(c2cc3c(c(N4Cc5c(cc(CN6CCC[C@H](C)C6)cc5C(F)(F)F)C4=O)c2)OCC3)CCCC1. The molecule has 0 N–H and O–H groups in total. The Labute approximate surface area is 250 Å². The van der Waals surface area contributed by atoms with E-state index in [4.69, 9.17) is 4.74 Å². The second-order valence-corrected chi connectivity index (χ2v) is 12.9. The zero-order valence-electron chi connectivity index (χ0n) is 24.8. The molecule has 43 heavy (non-hydrogen) atoms. The molecule has 4 heterocycles. The second-order valence-electron chi connectivity index (χ2n) is 12.9. The summed E-state index contributed by atoms with van der Waals surface area (Å²) in [5.74, 6) is 1.61. The highest BCUT2D eigenvalue weighted by Crippen LogP contribution is 2.51. The Morgan fingerprint density at radius 1 is 1.12 bits per heavy atom. The van der Waals surface area contributed by atoms with E-state index in [0.717, 1.165) is 75.1 Å². The number of halogens is 3. The molecule has 1 aliphatic carbocycles. The highest BCUT2D eigenvalue weighted by atomic mass is 19.4. The van der Waals surface area contributed by atoms with E-state index in [1.54, 1.807) is 12.4 Å². The number of hydrogen-bond donors (Lipinski definition) is 0.